The van der Waals surface area contributed by atoms with Gasteiger partial charge in [-0.2, -0.15) is 4.98 Å². The first kappa shape index (κ1) is 19.3. The van der Waals surface area contributed by atoms with Crippen molar-refractivity contribution in [3.8, 4) is 5.88 Å². The smallest absolute Gasteiger partial charge is 0.352 e. The van der Waals surface area contributed by atoms with Gasteiger partial charge in [0.05, 0.1) is 6.67 Å². The summed E-state index contributed by atoms with van der Waals surface area (Å²) in [4.78, 5) is 16.1. The molecule has 0 radical (unpaired) electrons. The Balaban J connectivity index is 1.74. The van der Waals surface area contributed by atoms with Crippen LogP contribution >= 0.6 is 0 Å². The molecule has 1 aromatic heterocycles. The van der Waals surface area contributed by atoms with Gasteiger partial charge in [0, 0.05) is 24.7 Å². The fourth-order valence-corrected chi connectivity index (χ4v) is 3.09. The van der Waals surface area contributed by atoms with Gasteiger partial charge < -0.3 is 10.1 Å². The van der Waals surface area contributed by atoms with E-state index >= 15 is 0 Å². The van der Waals surface area contributed by atoms with Crippen LogP contribution in [0.5, 0.6) is 5.88 Å². The summed E-state index contributed by atoms with van der Waals surface area (Å²) >= 11 is 0. The van der Waals surface area contributed by atoms with E-state index in [0.717, 1.165) is 37.9 Å². The normalized spacial score (nSPS) is 14.0. The highest BCUT2D eigenvalue weighted by atomic mass is 19.1. The topological polar surface area (TPSA) is 56.1 Å². The second kappa shape index (κ2) is 8.92. The average molecular weight is 381 g/mol. The van der Waals surface area contributed by atoms with Crippen LogP contribution in [0.3, 0.4) is 0 Å². The van der Waals surface area contributed by atoms with E-state index in [2.05, 4.69) is 10.3 Å². The molecular formula is C19H22F3N3O2. The summed E-state index contributed by atoms with van der Waals surface area (Å²) < 4.78 is 47.3. The maximum absolute atomic E-state index is 14.0. The first-order chi connectivity index (χ1) is 13.1. The number of nitrogens with one attached hydrogen (secondary N) is 1. The second-order valence-corrected chi connectivity index (χ2v) is 6.52. The number of fused-ring (bicyclic) bond motifs is 1. The molecule has 3 rings (SSSR count). The summed E-state index contributed by atoms with van der Waals surface area (Å²) in [7, 11) is 0. The molecule has 0 bridgehead atoms. The molecule has 2 heterocycles. The minimum Gasteiger partial charge on any atom is -0.473 e. The van der Waals surface area contributed by atoms with Crippen molar-refractivity contribution in [1.82, 2.24) is 9.55 Å². The monoisotopic (exact) mass is 381 g/mol. The molecule has 146 valence electrons. The minimum atomic E-state index is -0.727. The molecule has 1 aromatic carbocycles. The first-order valence-corrected chi connectivity index (χ1v) is 9.10. The lowest BCUT2D eigenvalue weighted by Crippen LogP contribution is -2.28. The quantitative estimate of drug-likeness (QED) is 0.831. The Morgan fingerprint density at radius 3 is 2.67 bits per heavy atom. The Kier molecular flexibility index (Phi) is 6.36. The van der Waals surface area contributed by atoms with E-state index < -0.39 is 24.0 Å². The fourth-order valence-electron chi connectivity index (χ4n) is 3.09. The van der Waals surface area contributed by atoms with Crippen molar-refractivity contribution in [1.29, 1.82) is 0 Å². The molecule has 0 saturated heterocycles. The van der Waals surface area contributed by atoms with Gasteiger partial charge in [0.15, 0.2) is 0 Å². The van der Waals surface area contributed by atoms with E-state index in [0.29, 0.717) is 12.4 Å². The molecule has 5 nitrogen and oxygen atoms in total. The molecule has 1 aliphatic heterocycles. The van der Waals surface area contributed by atoms with E-state index in [1.165, 1.54) is 0 Å². The molecule has 0 amide bonds. The van der Waals surface area contributed by atoms with Crippen LogP contribution in [-0.4, -0.2) is 22.8 Å². The van der Waals surface area contributed by atoms with Crippen LogP contribution in [0.25, 0.3) is 0 Å². The van der Waals surface area contributed by atoms with Crippen molar-refractivity contribution in [2.45, 2.75) is 45.3 Å². The lowest BCUT2D eigenvalue weighted by molar-refractivity contribution is 0.289. The summed E-state index contributed by atoms with van der Waals surface area (Å²) in [6.45, 7) is 0.579. The third-order valence-corrected chi connectivity index (χ3v) is 4.50. The Bertz CT molecular complexity index is 832. The molecule has 0 atom stereocenters. The number of rotatable bonds is 6. The maximum Gasteiger partial charge on any atom is 0.352 e. The van der Waals surface area contributed by atoms with Crippen molar-refractivity contribution in [2.75, 3.05) is 18.5 Å². The number of ether oxygens (including phenoxy) is 1. The molecule has 2 aromatic rings. The Hall–Kier alpha value is -2.51. The van der Waals surface area contributed by atoms with Crippen LogP contribution < -0.4 is 15.7 Å². The van der Waals surface area contributed by atoms with Gasteiger partial charge in [-0.1, -0.05) is 0 Å². The Morgan fingerprint density at radius 2 is 1.93 bits per heavy atom. The SMILES string of the molecule is O=c1nc(OCc2cc(F)c(CCCF)c(F)c2)cc2n1CCCCCN2. The predicted molar refractivity (Wildman–Crippen MR) is 95.8 cm³/mol. The first-order valence-electron chi connectivity index (χ1n) is 9.10. The molecule has 0 unspecified atom stereocenters. The maximum atomic E-state index is 14.0. The summed E-state index contributed by atoms with van der Waals surface area (Å²) in [6.07, 6.45) is 3.03. The summed E-state index contributed by atoms with van der Waals surface area (Å²) in [5.41, 5.74) is -0.274. The van der Waals surface area contributed by atoms with E-state index in [9.17, 15) is 18.0 Å². The third-order valence-electron chi connectivity index (χ3n) is 4.50. The highest BCUT2D eigenvalue weighted by Gasteiger charge is 2.14. The molecule has 0 saturated carbocycles. The highest BCUT2D eigenvalue weighted by molar-refractivity contribution is 5.39. The number of alkyl halides is 1. The van der Waals surface area contributed by atoms with Crippen molar-refractivity contribution in [3.63, 3.8) is 0 Å². The van der Waals surface area contributed by atoms with Crippen LogP contribution in [0.1, 0.15) is 36.8 Å². The van der Waals surface area contributed by atoms with Crippen LogP contribution in [0.2, 0.25) is 0 Å². The molecule has 1 N–H and O–H groups in total. The molecule has 8 heteroatoms. The van der Waals surface area contributed by atoms with Gasteiger partial charge in [-0.15, -0.1) is 0 Å². The van der Waals surface area contributed by atoms with Crippen molar-refractivity contribution in [2.24, 2.45) is 0 Å². The Morgan fingerprint density at radius 1 is 1.15 bits per heavy atom. The van der Waals surface area contributed by atoms with Crippen LogP contribution in [-0.2, 0) is 19.6 Å². The summed E-state index contributed by atoms with van der Waals surface area (Å²) in [6, 6.07) is 3.94. The Labute approximate surface area is 155 Å². The lowest BCUT2D eigenvalue weighted by atomic mass is 10.1. The van der Waals surface area contributed by atoms with Crippen LogP contribution in [0, 0.1) is 11.6 Å². The molecule has 0 fully saturated rings. The van der Waals surface area contributed by atoms with Gasteiger partial charge in [-0.3, -0.25) is 8.96 Å². The van der Waals surface area contributed by atoms with E-state index in [4.69, 9.17) is 4.74 Å². The van der Waals surface area contributed by atoms with Crippen molar-refractivity contribution in [3.05, 3.63) is 51.4 Å². The zero-order chi connectivity index (χ0) is 19.2. The van der Waals surface area contributed by atoms with E-state index in [1.807, 2.05) is 0 Å². The second-order valence-electron chi connectivity index (χ2n) is 6.52. The summed E-state index contributed by atoms with van der Waals surface area (Å²) in [5.74, 6) is -0.727. The molecule has 27 heavy (non-hydrogen) atoms. The number of benzene rings is 1. The lowest BCUT2D eigenvalue weighted by Gasteiger charge is -2.18. The number of halogens is 3. The van der Waals surface area contributed by atoms with Gasteiger partial charge in [0.25, 0.3) is 0 Å². The van der Waals surface area contributed by atoms with Crippen molar-refractivity contribution < 1.29 is 17.9 Å². The highest BCUT2D eigenvalue weighted by Crippen LogP contribution is 2.20. The summed E-state index contributed by atoms with van der Waals surface area (Å²) in [5, 5.41) is 3.18. The van der Waals surface area contributed by atoms with Gasteiger partial charge in [0.1, 0.15) is 24.1 Å². The fraction of sp³-hybridized carbons (Fsp3) is 0.474. The van der Waals surface area contributed by atoms with Gasteiger partial charge in [0.2, 0.25) is 5.88 Å². The van der Waals surface area contributed by atoms with Crippen LogP contribution in [0.4, 0.5) is 19.0 Å². The van der Waals surface area contributed by atoms with Gasteiger partial charge >= 0.3 is 5.69 Å². The number of hydrogen-bond acceptors (Lipinski definition) is 4. The predicted octanol–water partition coefficient (Wildman–Crippen LogP) is 3.60. The van der Waals surface area contributed by atoms with Crippen LogP contribution in [0.15, 0.2) is 23.0 Å². The number of aromatic nitrogens is 2. The van der Waals surface area contributed by atoms with Gasteiger partial charge in [-0.05, 0) is 49.8 Å². The molecule has 1 aliphatic rings. The van der Waals surface area contributed by atoms with E-state index in [1.54, 1.807) is 10.6 Å². The standard InChI is InChI=1S/C19H22F3N3O2/c20-6-4-5-14-15(21)9-13(10-16(14)22)12-27-18-11-17-23-7-2-1-3-8-25(17)19(26)24-18/h9-11,23H,1-8,12H2. The third kappa shape index (κ3) is 4.81. The molecule has 0 spiro atoms. The molecule has 0 aliphatic carbocycles. The zero-order valence-corrected chi connectivity index (χ0v) is 14.9. The van der Waals surface area contributed by atoms with Gasteiger partial charge in [-0.25, -0.2) is 13.6 Å². The van der Waals surface area contributed by atoms with Crippen molar-refractivity contribution >= 4 is 5.82 Å². The van der Waals surface area contributed by atoms with E-state index in [-0.39, 0.29) is 36.5 Å². The number of nitrogens with zero attached hydrogens (tertiary/aromatic N) is 2. The largest absolute Gasteiger partial charge is 0.473 e. The number of anilines is 1. The average Bonchev–Trinajstić information content (AvgIpc) is 2.60. The zero-order valence-electron chi connectivity index (χ0n) is 14.9. The molecular weight excluding hydrogens is 359 g/mol. The minimum absolute atomic E-state index is 0.00408. The number of hydrogen-bond donors (Lipinski definition) is 1.